The molecule has 2 atom stereocenters. The molecule has 2 N–H and O–H groups in total. The molecule has 1 aliphatic carbocycles. The molecule has 0 spiro atoms. The second kappa shape index (κ2) is 3.35. The number of hydrogen-bond donors (Lipinski definition) is 1. The molecule has 1 heterocycles. The molecule has 0 aromatic carbocycles. The summed E-state index contributed by atoms with van der Waals surface area (Å²) in [5.74, 6) is 1.83. The van der Waals surface area contributed by atoms with Gasteiger partial charge in [0.05, 0.1) is 0 Å². The second-order valence-corrected chi connectivity index (χ2v) is 4.76. The van der Waals surface area contributed by atoms with E-state index in [4.69, 9.17) is 5.73 Å². The first-order valence-electron chi connectivity index (χ1n) is 5.22. The van der Waals surface area contributed by atoms with E-state index in [9.17, 15) is 0 Å². The van der Waals surface area contributed by atoms with E-state index in [1.165, 1.54) is 32.4 Å². The summed E-state index contributed by atoms with van der Waals surface area (Å²) in [5.41, 5.74) is 5.97. The minimum Gasteiger partial charge on any atom is -0.327 e. The molecule has 2 fully saturated rings. The molecule has 0 aromatic heterocycles. The fourth-order valence-electron chi connectivity index (χ4n) is 2.33. The molecule has 2 heteroatoms. The number of nitrogens with zero attached hydrogens (tertiary/aromatic N) is 1. The smallest absolute Gasteiger partial charge is 0.0170 e. The van der Waals surface area contributed by atoms with Crippen LogP contribution >= 0.6 is 0 Å². The van der Waals surface area contributed by atoms with Crippen LogP contribution < -0.4 is 5.73 Å². The van der Waals surface area contributed by atoms with Crippen LogP contribution in [0, 0.1) is 11.8 Å². The quantitative estimate of drug-likeness (QED) is 0.668. The number of piperidine rings is 1. The van der Waals surface area contributed by atoms with E-state index in [2.05, 4.69) is 11.8 Å². The Hall–Kier alpha value is -0.0800. The first-order chi connectivity index (χ1) is 5.74. The third-order valence-corrected chi connectivity index (χ3v) is 2.98. The highest BCUT2D eigenvalue weighted by Gasteiger charge is 2.28. The molecule has 0 aromatic rings. The van der Waals surface area contributed by atoms with Crippen molar-refractivity contribution in [3.05, 3.63) is 0 Å². The van der Waals surface area contributed by atoms with Crippen LogP contribution in [0.1, 0.15) is 26.2 Å². The Bertz CT molecular complexity index is 141. The van der Waals surface area contributed by atoms with Crippen LogP contribution in [0.4, 0.5) is 0 Å². The lowest BCUT2D eigenvalue weighted by atomic mass is 9.96. The molecule has 0 bridgehead atoms. The van der Waals surface area contributed by atoms with Gasteiger partial charge in [0.25, 0.3) is 0 Å². The Labute approximate surface area is 75.1 Å². The van der Waals surface area contributed by atoms with Gasteiger partial charge in [-0.05, 0) is 31.1 Å². The van der Waals surface area contributed by atoms with E-state index < -0.39 is 0 Å². The van der Waals surface area contributed by atoms with Crippen molar-refractivity contribution in [1.82, 2.24) is 4.90 Å². The first kappa shape index (κ1) is 8.52. The molecule has 1 saturated heterocycles. The van der Waals surface area contributed by atoms with Gasteiger partial charge in [-0.2, -0.15) is 0 Å². The maximum absolute atomic E-state index is 5.97. The lowest BCUT2D eigenvalue weighted by molar-refractivity contribution is 0.159. The Morgan fingerprint density at radius 3 is 2.67 bits per heavy atom. The van der Waals surface area contributed by atoms with Gasteiger partial charge in [0.1, 0.15) is 0 Å². The molecular formula is C10H20N2. The van der Waals surface area contributed by atoms with Gasteiger partial charge in [-0.1, -0.05) is 6.92 Å². The van der Waals surface area contributed by atoms with Crippen molar-refractivity contribution < 1.29 is 0 Å². The molecule has 1 aliphatic heterocycles. The zero-order chi connectivity index (χ0) is 8.55. The highest BCUT2D eigenvalue weighted by atomic mass is 15.2. The van der Waals surface area contributed by atoms with Crippen molar-refractivity contribution in [3.63, 3.8) is 0 Å². The summed E-state index contributed by atoms with van der Waals surface area (Å²) in [5, 5.41) is 0. The fourth-order valence-corrected chi connectivity index (χ4v) is 2.33. The number of hydrogen-bond acceptors (Lipinski definition) is 2. The third kappa shape index (κ3) is 2.20. The van der Waals surface area contributed by atoms with Crippen molar-refractivity contribution in [3.8, 4) is 0 Å². The van der Waals surface area contributed by atoms with E-state index in [1.807, 2.05) is 0 Å². The molecule has 0 radical (unpaired) electrons. The predicted molar refractivity (Wildman–Crippen MR) is 50.9 cm³/mol. The van der Waals surface area contributed by atoms with Crippen molar-refractivity contribution in [2.45, 2.75) is 32.2 Å². The Morgan fingerprint density at radius 2 is 2.08 bits per heavy atom. The van der Waals surface area contributed by atoms with Gasteiger partial charge < -0.3 is 10.6 Å². The summed E-state index contributed by atoms with van der Waals surface area (Å²) >= 11 is 0. The van der Waals surface area contributed by atoms with Crippen molar-refractivity contribution in [1.29, 1.82) is 0 Å². The summed E-state index contributed by atoms with van der Waals surface area (Å²) in [6, 6.07) is 0.437. The van der Waals surface area contributed by atoms with E-state index in [1.54, 1.807) is 0 Å². The van der Waals surface area contributed by atoms with Gasteiger partial charge >= 0.3 is 0 Å². The highest BCUT2D eigenvalue weighted by Crippen LogP contribution is 2.30. The minimum atomic E-state index is 0.437. The van der Waals surface area contributed by atoms with Crippen LogP contribution in [0.2, 0.25) is 0 Å². The average molecular weight is 168 g/mol. The van der Waals surface area contributed by atoms with Gasteiger partial charge in [-0.3, -0.25) is 0 Å². The minimum absolute atomic E-state index is 0.437. The summed E-state index contributed by atoms with van der Waals surface area (Å²) in [6.07, 6.45) is 4.14. The van der Waals surface area contributed by atoms with Crippen LogP contribution in [-0.2, 0) is 0 Å². The molecular weight excluding hydrogens is 148 g/mol. The van der Waals surface area contributed by atoms with Gasteiger partial charge in [0.2, 0.25) is 0 Å². The van der Waals surface area contributed by atoms with Crippen LogP contribution in [0.25, 0.3) is 0 Å². The Morgan fingerprint density at radius 1 is 1.33 bits per heavy atom. The standard InChI is InChI=1S/C10H20N2/c1-8-4-10(11)7-12(5-8)6-9-2-3-9/h8-10H,2-7,11H2,1H3. The summed E-state index contributed by atoms with van der Waals surface area (Å²) < 4.78 is 0. The zero-order valence-corrected chi connectivity index (χ0v) is 8.00. The molecule has 2 rings (SSSR count). The summed E-state index contributed by atoms with van der Waals surface area (Å²) in [6.45, 7) is 6.06. The first-order valence-corrected chi connectivity index (χ1v) is 5.22. The molecule has 70 valence electrons. The highest BCUT2D eigenvalue weighted by molar-refractivity contribution is 4.84. The lowest BCUT2D eigenvalue weighted by Crippen LogP contribution is -2.46. The molecule has 2 nitrogen and oxygen atoms in total. The predicted octanol–water partition coefficient (Wildman–Crippen LogP) is 1.07. The molecule has 12 heavy (non-hydrogen) atoms. The van der Waals surface area contributed by atoms with Crippen LogP contribution in [0.15, 0.2) is 0 Å². The molecule has 0 amide bonds. The van der Waals surface area contributed by atoms with Crippen LogP contribution in [0.3, 0.4) is 0 Å². The average Bonchev–Trinajstić information content (AvgIpc) is 2.68. The van der Waals surface area contributed by atoms with Crippen molar-refractivity contribution in [2.24, 2.45) is 17.6 Å². The van der Waals surface area contributed by atoms with Gasteiger partial charge in [-0.25, -0.2) is 0 Å². The zero-order valence-electron chi connectivity index (χ0n) is 8.00. The Kier molecular flexibility index (Phi) is 2.37. The number of nitrogens with two attached hydrogens (primary N) is 1. The van der Waals surface area contributed by atoms with E-state index in [0.29, 0.717) is 6.04 Å². The Balaban J connectivity index is 1.79. The van der Waals surface area contributed by atoms with Crippen molar-refractivity contribution in [2.75, 3.05) is 19.6 Å². The second-order valence-electron chi connectivity index (χ2n) is 4.76. The van der Waals surface area contributed by atoms with E-state index >= 15 is 0 Å². The van der Waals surface area contributed by atoms with Crippen molar-refractivity contribution >= 4 is 0 Å². The van der Waals surface area contributed by atoms with Gasteiger partial charge in [0, 0.05) is 25.7 Å². The largest absolute Gasteiger partial charge is 0.327 e. The monoisotopic (exact) mass is 168 g/mol. The normalized spacial score (nSPS) is 38.5. The maximum Gasteiger partial charge on any atom is 0.0170 e. The van der Waals surface area contributed by atoms with Crippen LogP contribution in [0.5, 0.6) is 0 Å². The van der Waals surface area contributed by atoms with Gasteiger partial charge in [-0.15, -0.1) is 0 Å². The molecule has 1 saturated carbocycles. The van der Waals surface area contributed by atoms with E-state index in [-0.39, 0.29) is 0 Å². The maximum atomic E-state index is 5.97. The number of rotatable bonds is 2. The summed E-state index contributed by atoms with van der Waals surface area (Å²) in [4.78, 5) is 2.57. The number of likely N-dealkylation sites (tertiary alicyclic amines) is 1. The molecule has 2 unspecified atom stereocenters. The lowest BCUT2D eigenvalue weighted by Gasteiger charge is -2.34. The van der Waals surface area contributed by atoms with E-state index in [0.717, 1.165) is 18.4 Å². The van der Waals surface area contributed by atoms with Crippen LogP contribution in [-0.4, -0.2) is 30.6 Å². The topological polar surface area (TPSA) is 29.3 Å². The summed E-state index contributed by atoms with van der Waals surface area (Å²) in [7, 11) is 0. The SMILES string of the molecule is CC1CC(N)CN(CC2CC2)C1. The fraction of sp³-hybridized carbons (Fsp3) is 1.00. The van der Waals surface area contributed by atoms with Gasteiger partial charge in [0.15, 0.2) is 0 Å². The third-order valence-electron chi connectivity index (χ3n) is 2.98. The molecule has 2 aliphatic rings.